The first-order chi connectivity index (χ1) is 12.0. The van der Waals surface area contributed by atoms with E-state index < -0.39 is 36.9 Å². The van der Waals surface area contributed by atoms with Gasteiger partial charge in [-0.1, -0.05) is 17.3 Å². The number of rotatable bonds is 5. The Hall–Kier alpha value is -2.97. The summed E-state index contributed by atoms with van der Waals surface area (Å²) in [6, 6.07) is 1.51. The lowest BCUT2D eigenvalue weighted by Crippen LogP contribution is -2.37. The quantitative estimate of drug-likeness (QED) is 0.465. The lowest BCUT2D eigenvalue weighted by atomic mass is 9.85. The van der Waals surface area contributed by atoms with Gasteiger partial charge in [0.05, 0.1) is 11.8 Å². The van der Waals surface area contributed by atoms with Gasteiger partial charge in [-0.3, -0.25) is 24.1 Å². The molecule has 2 heterocycles. The molecule has 1 fully saturated rings. The van der Waals surface area contributed by atoms with Crippen molar-refractivity contribution in [1.82, 2.24) is 10.1 Å². The molecule has 1 aliphatic heterocycles. The number of ether oxygens (including phenoxy) is 1. The van der Waals surface area contributed by atoms with E-state index in [1.165, 1.54) is 6.07 Å². The fourth-order valence-corrected chi connectivity index (χ4v) is 2.95. The van der Waals surface area contributed by atoms with Crippen molar-refractivity contribution in [1.29, 1.82) is 0 Å². The molecule has 2 aliphatic rings. The molecule has 9 nitrogen and oxygen atoms in total. The maximum Gasteiger partial charge on any atom is 0.326 e. The molecule has 1 aliphatic carbocycles. The van der Waals surface area contributed by atoms with Crippen LogP contribution >= 0.6 is 0 Å². The Kier molecular flexibility index (Phi) is 4.64. The maximum atomic E-state index is 12.2. The molecular formula is C16H17N3O6. The molecule has 1 aromatic heterocycles. The summed E-state index contributed by atoms with van der Waals surface area (Å²) in [6.45, 7) is 0.635. The van der Waals surface area contributed by atoms with Crippen LogP contribution in [0.25, 0.3) is 0 Å². The Morgan fingerprint density at radius 3 is 2.48 bits per heavy atom. The summed E-state index contributed by atoms with van der Waals surface area (Å²) in [7, 11) is 0. The highest BCUT2D eigenvalue weighted by Gasteiger charge is 2.47. The fraction of sp³-hybridized carbons (Fsp3) is 0.438. The minimum atomic E-state index is -0.820. The third-order valence-corrected chi connectivity index (χ3v) is 4.15. The van der Waals surface area contributed by atoms with Crippen LogP contribution in [0.5, 0.6) is 0 Å². The number of hydrogen-bond donors (Lipinski definition) is 1. The van der Waals surface area contributed by atoms with Crippen molar-refractivity contribution >= 4 is 29.5 Å². The number of amides is 3. The van der Waals surface area contributed by atoms with Gasteiger partial charge in [-0.15, -0.1) is 0 Å². The summed E-state index contributed by atoms with van der Waals surface area (Å²) < 4.78 is 9.61. The number of aryl methyl sites for hydroxylation is 1. The molecule has 1 N–H and O–H groups in total. The summed E-state index contributed by atoms with van der Waals surface area (Å²) in [4.78, 5) is 48.9. The highest BCUT2D eigenvalue weighted by molar-refractivity contribution is 6.07. The average Bonchev–Trinajstić information content (AvgIpc) is 3.10. The Bertz CT molecular complexity index is 727. The van der Waals surface area contributed by atoms with Crippen LogP contribution in [0.3, 0.4) is 0 Å². The van der Waals surface area contributed by atoms with E-state index in [-0.39, 0.29) is 17.6 Å². The van der Waals surface area contributed by atoms with E-state index in [1.807, 2.05) is 12.2 Å². The van der Waals surface area contributed by atoms with Crippen LogP contribution < -0.4 is 5.32 Å². The lowest BCUT2D eigenvalue weighted by molar-refractivity contribution is -0.154. The van der Waals surface area contributed by atoms with Gasteiger partial charge in [0.1, 0.15) is 12.3 Å². The molecule has 0 bridgehead atoms. The molecule has 0 radical (unpaired) electrons. The van der Waals surface area contributed by atoms with Gasteiger partial charge in [-0.2, -0.15) is 0 Å². The van der Waals surface area contributed by atoms with E-state index in [0.29, 0.717) is 18.6 Å². The zero-order valence-electron chi connectivity index (χ0n) is 13.6. The first kappa shape index (κ1) is 16.9. The number of aromatic nitrogens is 1. The molecule has 1 saturated heterocycles. The monoisotopic (exact) mass is 347 g/mol. The van der Waals surface area contributed by atoms with E-state index in [4.69, 9.17) is 9.26 Å². The second kappa shape index (κ2) is 6.88. The van der Waals surface area contributed by atoms with Crippen LogP contribution in [-0.4, -0.2) is 46.9 Å². The topological polar surface area (TPSA) is 119 Å². The summed E-state index contributed by atoms with van der Waals surface area (Å²) in [5.41, 5.74) is 0. The van der Waals surface area contributed by atoms with Crippen molar-refractivity contribution in [3.63, 3.8) is 0 Å². The molecule has 0 spiro atoms. The third-order valence-electron chi connectivity index (χ3n) is 4.15. The second-order valence-corrected chi connectivity index (χ2v) is 5.95. The van der Waals surface area contributed by atoms with E-state index >= 15 is 0 Å². The normalized spacial score (nSPS) is 22.0. The van der Waals surface area contributed by atoms with Crippen LogP contribution in [-0.2, 0) is 23.9 Å². The molecule has 2 atom stereocenters. The van der Waals surface area contributed by atoms with Crippen molar-refractivity contribution < 1.29 is 28.4 Å². The molecule has 0 aromatic carbocycles. The van der Waals surface area contributed by atoms with Crippen molar-refractivity contribution in [2.75, 3.05) is 18.5 Å². The van der Waals surface area contributed by atoms with E-state index in [2.05, 4.69) is 10.5 Å². The first-order valence-corrected chi connectivity index (χ1v) is 7.84. The number of carbonyl (C=O) groups is 4. The maximum absolute atomic E-state index is 12.2. The Balaban J connectivity index is 1.48. The predicted molar refractivity (Wildman–Crippen MR) is 82.9 cm³/mol. The van der Waals surface area contributed by atoms with Gasteiger partial charge >= 0.3 is 5.97 Å². The van der Waals surface area contributed by atoms with Gasteiger partial charge in [0, 0.05) is 6.07 Å². The molecule has 3 rings (SSSR count). The molecule has 3 amide bonds. The summed E-state index contributed by atoms with van der Waals surface area (Å²) >= 11 is 0. The summed E-state index contributed by atoms with van der Waals surface area (Å²) in [6.07, 6.45) is 4.73. The van der Waals surface area contributed by atoms with Crippen molar-refractivity contribution in [3.05, 3.63) is 24.0 Å². The van der Waals surface area contributed by atoms with E-state index in [0.717, 1.165) is 4.90 Å². The molecule has 132 valence electrons. The number of anilines is 1. The van der Waals surface area contributed by atoms with Gasteiger partial charge < -0.3 is 14.6 Å². The Labute approximate surface area is 143 Å². The van der Waals surface area contributed by atoms with Gasteiger partial charge in [0.15, 0.2) is 12.4 Å². The summed E-state index contributed by atoms with van der Waals surface area (Å²) in [5.74, 6) is -2.21. The summed E-state index contributed by atoms with van der Waals surface area (Å²) in [5, 5.41) is 5.97. The number of carbonyl (C=O) groups excluding carboxylic acids is 4. The average molecular weight is 347 g/mol. The van der Waals surface area contributed by atoms with Crippen LogP contribution in [0, 0.1) is 18.8 Å². The Morgan fingerprint density at radius 1 is 1.28 bits per heavy atom. The third kappa shape index (κ3) is 3.59. The molecule has 0 unspecified atom stereocenters. The molecule has 25 heavy (non-hydrogen) atoms. The SMILES string of the molecule is Cc1cc(NC(=O)COC(=O)CN2C(=O)[C@H]3CC=CC[C@@H]3C2=O)no1. The minimum Gasteiger partial charge on any atom is -0.454 e. The number of hydrogen-bond acceptors (Lipinski definition) is 7. The van der Waals surface area contributed by atoms with E-state index in [9.17, 15) is 19.2 Å². The van der Waals surface area contributed by atoms with Crippen molar-refractivity contribution in [2.24, 2.45) is 11.8 Å². The second-order valence-electron chi connectivity index (χ2n) is 5.95. The minimum absolute atomic E-state index is 0.208. The number of allylic oxidation sites excluding steroid dienone is 2. The number of nitrogens with one attached hydrogen (secondary N) is 1. The van der Waals surface area contributed by atoms with Crippen molar-refractivity contribution in [2.45, 2.75) is 19.8 Å². The van der Waals surface area contributed by atoms with Crippen LogP contribution in [0.15, 0.2) is 22.7 Å². The number of fused-ring (bicyclic) bond motifs is 1. The Morgan fingerprint density at radius 2 is 1.92 bits per heavy atom. The van der Waals surface area contributed by atoms with Gasteiger partial charge in [0.2, 0.25) is 11.8 Å². The largest absolute Gasteiger partial charge is 0.454 e. The lowest BCUT2D eigenvalue weighted by Gasteiger charge is -2.14. The highest BCUT2D eigenvalue weighted by atomic mass is 16.5. The van der Waals surface area contributed by atoms with Crippen LogP contribution in [0.2, 0.25) is 0 Å². The number of esters is 1. The predicted octanol–water partition coefficient (Wildman–Crippen LogP) is 0.416. The fourth-order valence-electron chi connectivity index (χ4n) is 2.95. The number of imide groups is 1. The van der Waals surface area contributed by atoms with Crippen LogP contribution in [0.4, 0.5) is 5.82 Å². The van der Waals surface area contributed by atoms with Gasteiger partial charge in [-0.05, 0) is 19.8 Å². The molecule has 1 aromatic rings. The number of likely N-dealkylation sites (tertiary alicyclic amines) is 1. The standard InChI is InChI=1S/C16H17N3O6/c1-9-6-12(18-25-9)17-13(20)8-24-14(21)7-19-15(22)10-4-2-3-5-11(10)16(19)23/h2-3,6,10-11H,4-5,7-8H2,1H3,(H,17,18,20)/t10-,11-/m0/s1. The number of nitrogens with zero attached hydrogens (tertiary/aromatic N) is 2. The van der Waals surface area contributed by atoms with Gasteiger partial charge in [-0.25, -0.2) is 0 Å². The smallest absolute Gasteiger partial charge is 0.326 e. The van der Waals surface area contributed by atoms with Crippen LogP contribution in [0.1, 0.15) is 18.6 Å². The van der Waals surface area contributed by atoms with E-state index in [1.54, 1.807) is 6.92 Å². The highest BCUT2D eigenvalue weighted by Crippen LogP contribution is 2.34. The molecule has 0 saturated carbocycles. The molecule has 9 heteroatoms. The van der Waals surface area contributed by atoms with Gasteiger partial charge in [0.25, 0.3) is 5.91 Å². The van der Waals surface area contributed by atoms with Crippen molar-refractivity contribution in [3.8, 4) is 0 Å². The zero-order valence-corrected chi connectivity index (χ0v) is 13.6. The molecular weight excluding hydrogens is 330 g/mol. The zero-order chi connectivity index (χ0) is 18.0. The first-order valence-electron chi connectivity index (χ1n) is 7.84.